The Kier molecular flexibility index (Phi) is 9.88. The molecule has 0 saturated heterocycles. The van der Waals surface area contributed by atoms with E-state index in [1.807, 2.05) is 18.5 Å². The fraction of sp³-hybridized carbons (Fsp3) is 0.714. The summed E-state index contributed by atoms with van der Waals surface area (Å²) in [5.74, 6) is 1.29. The maximum atomic E-state index is 12.3. The van der Waals surface area contributed by atoms with Gasteiger partial charge in [0.25, 0.3) is 0 Å². The van der Waals surface area contributed by atoms with Gasteiger partial charge in [0.05, 0.1) is 19.5 Å². The predicted molar refractivity (Wildman–Crippen MR) is 143 cm³/mol. The molecule has 1 aliphatic heterocycles. The van der Waals surface area contributed by atoms with Crippen LogP contribution in [0.4, 0.5) is 4.79 Å². The lowest BCUT2D eigenvalue weighted by Gasteiger charge is -2.43. The number of benzene rings is 1. The molecule has 0 radical (unpaired) electrons. The second-order valence-corrected chi connectivity index (χ2v) is 11.0. The van der Waals surface area contributed by atoms with Crippen molar-refractivity contribution in [2.24, 2.45) is 22.7 Å². The standard InChI is InChI=1S/C28H44ClN3O3/c1-7-17-32-19-30-28(20(3)8-2,35-27(33)34-6)25(32)18-21-9-11-22(12-10-21)26(31(4)5)23-13-15-24(29)16-14-23/h13-16,19-22,25-26H,7-12,17-18H2,1-6H3. The van der Waals surface area contributed by atoms with E-state index in [2.05, 4.69) is 56.8 Å². The highest BCUT2D eigenvalue weighted by Gasteiger charge is 2.53. The molecule has 0 N–H and O–H groups in total. The van der Waals surface area contributed by atoms with Crippen molar-refractivity contribution in [1.82, 2.24) is 9.80 Å². The zero-order valence-corrected chi connectivity index (χ0v) is 23.1. The first-order valence-electron chi connectivity index (χ1n) is 13.3. The van der Waals surface area contributed by atoms with Gasteiger partial charge in [0, 0.05) is 23.5 Å². The lowest BCUT2D eigenvalue weighted by Crippen LogP contribution is -2.53. The van der Waals surface area contributed by atoms with Gasteiger partial charge in [-0.3, -0.25) is 0 Å². The third-order valence-electron chi connectivity index (χ3n) is 8.16. The Morgan fingerprint density at radius 3 is 2.40 bits per heavy atom. The van der Waals surface area contributed by atoms with Crippen LogP contribution in [-0.4, -0.2) is 61.8 Å². The molecule has 4 atom stereocenters. The number of halogens is 1. The van der Waals surface area contributed by atoms with E-state index in [1.165, 1.54) is 38.4 Å². The molecule has 0 bridgehead atoms. The molecule has 1 fully saturated rings. The van der Waals surface area contributed by atoms with Crippen molar-refractivity contribution in [3.05, 3.63) is 34.9 Å². The highest BCUT2D eigenvalue weighted by molar-refractivity contribution is 6.30. The molecular formula is C28H44ClN3O3. The zero-order valence-electron chi connectivity index (χ0n) is 22.4. The summed E-state index contributed by atoms with van der Waals surface area (Å²) in [6, 6.07) is 8.76. The van der Waals surface area contributed by atoms with Crippen LogP contribution in [0.3, 0.4) is 0 Å². The predicted octanol–water partition coefficient (Wildman–Crippen LogP) is 6.79. The fourth-order valence-electron chi connectivity index (χ4n) is 6.17. The lowest BCUT2D eigenvalue weighted by molar-refractivity contribution is -0.0884. The van der Waals surface area contributed by atoms with Crippen molar-refractivity contribution in [3.8, 4) is 0 Å². The summed E-state index contributed by atoms with van der Waals surface area (Å²) < 4.78 is 10.9. The van der Waals surface area contributed by atoms with Crippen molar-refractivity contribution in [1.29, 1.82) is 0 Å². The molecule has 2 aliphatic rings. The van der Waals surface area contributed by atoms with E-state index in [-0.39, 0.29) is 12.0 Å². The minimum Gasteiger partial charge on any atom is -0.438 e. The largest absolute Gasteiger partial charge is 0.510 e. The Labute approximate surface area is 217 Å². The van der Waals surface area contributed by atoms with Crippen LogP contribution in [0, 0.1) is 17.8 Å². The molecule has 1 aromatic rings. The summed E-state index contributed by atoms with van der Waals surface area (Å²) in [4.78, 5) is 21.8. The SMILES string of the molecule is CCCN1C=NC(OC(=O)OC)(C(C)CC)C1CC1CCC(C(c2ccc(Cl)cc2)N(C)C)CC1. The summed E-state index contributed by atoms with van der Waals surface area (Å²) in [5, 5.41) is 0.782. The Morgan fingerprint density at radius 1 is 1.20 bits per heavy atom. The van der Waals surface area contributed by atoms with Gasteiger partial charge in [0.1, 0.15) is 0 Å². The van der Waals surface area contributed by atoms with Gasteiger partial charge in [0.15, 0.2) is 0 Å². The zero-order chi connectivity index (χ0) is 25.6. The molecule has 35 heavy (non-hydrogen) atoms. The molecule has 1 heterocycles. The van der Waals surface area contributed by atoms with Gasteiger partial charge < -0.3 is 19.3 Å². The van der Waals surface area contributed by atoms with E-state index in [1.54, 1.807) is 0 Å². The Balaban J connectivity index is 1.74. The van der Waals surface area contributed by atoms with Crippen LogP contribution in [0.2, 0.25) is 5.02 Å². The molecule has 3 rings (SSSR count). The first-order chi connectivity index (χ1) is 16.7. The van der Waals surface area contributed by atoms with E-state index in [9.17, 15) is 4.79 Å². The van der Waals surface area contributed by atoms with Crippen LogP contribution in [0.1, 0.15) is 77.3 Å². The van der Waals surface area contributed by atoms with Crippen molar-refractivity contribution in [2.45, 2.75) is 83.5 Å². The highest BCUT2D eigenvalue weighted by atomic mass is 35.5. The molecule has 1 saturated carbocycles. The quantitative estimate of drug-likeness (QED) is 0.328. The highest BCUT2D eigenvalue weighted by Crippen LogP contribution is 2.45. The summed E-state index contributed by atoms with van der Waals surface area (Å²) in [6.07, 6.45) is 8.86. The van der Waals surface area contributed by atoms with Gasteiger partial charge in [0.2, 0.25) is 5.72 Å². The maximum Gasteiger partial charge on any atom is 0.510 e. The van der Waals surface area contributed by atoms with Gasteiger partial charge in [-0.05, 0) is 75.7 Å². The minimum absolute atomic E-state index is 0.0407. The van der Waals surface area contributed by atoms with Crippen LogP contribution in [0.25, 0.3) is 0 Å². The molecule has 1 aliphatic carbocycles. The van der Waals surface area contributed by atoms with Crippen molar-refractivity contribution < 1.29 is 14.3 Å². The minimum atomic E-state index is -0.886. The second kappa shape index (κ2) is 12.4. The number of hydrogen-bond donors (Lipinski definition) is 0. The fourth-order valence-corrected chi connectivity index (χ4v) is 6.30. The van der Waals surface area contributed by atoms with Crippen molar-refractivity contribution in [2.75, 3.05) is 27.7 Å². The molecule has 4 unspecified atom stereocenters. The summed E-state index contributed by atoms with van der Waals surface area (Å²) >= 11 is 6.15. The first kappa shape index (κ1) is 27.8. The van der Waals surface area contributed by atoms with Crippen LogP contribution in [-0.2, 0) is 9.47 Å². The molecule has 6 nitrogen and oxygen atoms in total. The number of carbonyl (C=O) groups excluding carboxylic acids is 1. The lowest BCUT2D eigenvalue weighted by atomic mass is 9.73. The van der Waals surface area contributed by atoms with E-state index < -0.39 is 11.9 Å². The van der Waals surface area contributed by atoms with Crippen LogP contribution in [0.5, 0.6) is 0 Å². The van der Waals surface area contributed by atoms with Crippen LogP contribution in [0.15, 0.2) is 29.3 Å². The van der Waals surface area contributed by atoms with E-state index in [0.717, 1.165) is 30.8 Å². The number of rotatable bonds is 10. The Hall–Kier alpha value is -1.79. The van der Waals surface area contributed by atoms with E-state index in [4.69, 9.17) is 26.1 Å². The third kappa shape index (κ3) is 6.32. The van der Waals surface area contributed by atoms with Crippen LogP contribution < -0.4 is 0 Å². The number of carbonyl (C=O) groups is 1. The molecule has 1 aromatic carbocycles. The first-order valence-corrected chi connectivity index (χ1v) is 13.6. The van der Waals surface area contributed by atoms with Gasteiger partial charge in [-0.2, -0.15) is 0 Å². The summed E-state index contributed by atoms with van der Waals surface area (Å²) in [5.41, 5.74) is 0.451. The van der Waals surface area contributed by atoms with Crippen molar-refractivity contribution in [3.63, 3.8) is 0 Å². The molecule has 0 spiro atoms. The summed E-state index contributed by atoms with van der Waals surface area (Å²) in [6.45, 7) is 7.35. The second-order valence-electron chi connectivity index (χ2n) is 10.6. The van der Waals surface area contributed by atoms with Gasteiger partial charge in [-0.25, -0.2) is 9.79 Å². The number of hydrogen-bond acceptors (Lipinski definition) is 6. The molecule has 0 aromatic heterocycles. The number of aliphatic imine (C=N–C) groups is 1. The Morgan fingerprint density at radius 2 is 1.86 bits per heavy atom. The van der Waals surface area contributed by atoms with Gasteiger partial charge >= 0.3 is 6.16 Å². The number of ether oxygens (including phenoxy) is 2. The Bertz CT molecular complexity index is 838. The monoisotopic (exact) mass is 505 g/mol. The third-order valence-corrected chi connectivity index (χ3v) is 8.41. The average molecular weight is 506 g/mol. The van der Waals surface area contributed by atoms with Crippen molar-refractivity contribution >= 4 is 24.1 Å². The molecule has 196 valence electrons. The smallest absolute Gasteiger partial charge is 0.438 e. The number of methoxy groups -OCH3 is 1. The molecular weight excluding hydrogens is 462 g/mol. The molecule has 7 heteroatoms. The van der Waals surface area contributed by atoms with Crippen LogP contribution >= 0.6 is 11.6 Å². The maximum absolute atomic E-state index is 12.3. The summed E-state index contributed by atoms with van der Waals surface area (Å²) in [7, 11) is 5.72. The van der Waals surface area contributed by atoms with Gasteiger partial charge in [-0.1, -0.05) is 57.3 Å². The normalized spacial score (nSPS) is 28.2. The van der Waals surface area contributed by atoms with E-state index in [0.29, 0.717) is 17.9 Å². The molecule has 0 amide bonds. The number of nitrogens with zero attached hydrogens (tertiary/aromatic N) is 3. The van der Waals surface area contributed by atoms with E-state index >= 15 is 0 Å². The average Bonchev–Trinajstić information content (AvgIpc) is 3.18. The van der Waals surface area contributed by atoms with Gasteiger partial charge in [-0.15, -0.1) is 0 Å². The topological polar surface area (TPSA) is 54.4 Å².